The number of hydrogen-bond acceptors (Lipinski definition) is 5. The first-order valence-corrected chi connectivity index (χ1v) is 10.4. The first-order valence-electron chi connectivity index (χ1n) is 9.24. The standard InChI is InChI=1S/C21H25N3O4S/c22-19(25)12-7-13-29-15-18(20(26)23-17-10-5-2-6-11-17)24-21(27)28-14-16-8-3-1-4-9-16/h1-6,8-11,18H,7,12-15H2,(H2,22,25)(H,23,26)(H,24,27)/t18-/m0/s1. The zero-order valence-corrected chi connectivity index (χ0v) is 16.8. The second-order valence-electron chi connectivity index (χ2n) is 6.26. The van der Waals surface area contributed by atoms with Crippen molar-refractivity contribution < 1.29 is 19.1 Å². The van der Waals surface area contributed by atoms with E-state index >= 15 is 0 Å². The van der Waals surface area contributed by atoms with Gasteiger partial charge in [0.1, 0.15) is 12.6 Å². The summed E-state index contributed by atoms with van der Waals surface area (Å²) in [4.78, 5) is 35.6. The molecule has 0 aliphatic heterocycles. The zero-order valence-electron chi connectivity index (χ0n) is 16.0. The van der Waals surface area contributed by atoms with E-state index in [9.17, 15) is 14.4 Å². The zero-order chi connectivity index (χ0) is 20.9. The molecule has 8 heteroatoms. The Morgan fingerprint density at radius 3 is 2.31 bits per heavy atom. The molecule has 4 N–H and O–H groups in total. The lowest BCUT2D eigenvalue weighted by Crippen LogP contribution is -2.45. The minimum Gasteiger partial charge on any atom is -0.445 e. The lowest BCUT2D eigenvalue weighted by molar-refractivity contribution is -0.118. The average molecular weight is 416 g/mol. The second kappa shape index (κ2) is 12.5. The molecule has 2 aromatic rings. The van der Waals surface area contributed by atoms with Crippen molar-refractivity contribution in [1.29, 1.82) is 0 Å². The highest BCUT2D eigenvalue weighted by Crippen LogP contribution is 2.11. The van der Waals surface area contributed by atoms with E-state index in [1.54, 1.807) is 12.1 Å². The summed E-state index contributed by atoms with van der Waals surface area (Å²) in [5.74, 6) is 0.304. The van der Waals surface area contributed by atoms with E-state index in [4.69, 9.17) is 10.5 Å². The van der Waals surface area contributed by atoms with Crippen LogP contribution in [0, 0.1) is 0 Å². The van der Waals surface area contributed by atoms with E-state index in [0.717, 1.165) is 5.56 Å². The van der Waals surface area contributed by atoms with Gasteiger partial charge in [0.15, 0.2) is 0 Å². The molecule has 2 aromatic carbocycles. The maximum Gasteiger partial charge on any atom is 0.408 e. The van der Waals surface area contributed by atoms with Crippen LogP contribution in [0.5, 0.6) is 0 Å². The van der Waals surface area contributed by atoms with Gasteiger partial charge in [-0.1, -0.05) is 48.5 Å². The Kier molecular flexibility index (Phi) is 9.57. The molecule has 0 radical (unpaired) electrons. The molecule has 0 bridgehead atoms. The number of benzene rings is 2. The van der Waals surface area contributed by atoms with Crippen LogP contribution in [-0.2, 0) is 20.9 Å². The number of ether oxygens (including phenoxy) is 1. The topological polar surface area (TPSA) is 111 Å². The fourth-order valence-electron chi connectivity index (χ4n) is 2.39. The molecule has 3 amide bonds. The Bertz CT molecular complexity index is 787. The number of amides is 3. The highest BCUT2D eigenvalue weighted by Gasteiger charge is 2.21. The van der Waals surface area contributed by atoms with Crippen LogP contribution in [0.4, 0.5) is 10.5 Å². The molecule has 2 rings (SSSR count). The van der Waals surface area contributed by atoms with Crippen molar-refractivity contribution in [2.75, 3.05) is 16.8 Å². The summed E-state index contributed by atoms with van der Waals surface area (Å²) < 4.78 is 5.22. The van der Waals surface area contributed by atoms with Gasteiger partial charge in [0.25, 0.3) is 0 Å². The number of carbonyl (C=O) groups excluding carboxylic acids is 3. The number of hydrogen-bond donors (Lipinski definition) is 3. The number of primary amides is 1. The van der Waals surface area contributed by atoms with Gasteiger partial charge in [0.05, 0.1) is 0 Å². The predicted octanol–water partition coefficient (Wildman–Crippen LogP) is 2.92. The van der Waals surface area contributed by atoms with Crippen LogP contribution < -0.4 is 16.4 Å². The van der Waals surface area contributed by atoms with E-state index in [1.165, 1.54) is 11.8 Å². The summed E-state index contributed by atoms with van der Waals surface area (Å²) in [5, 5.41) is 5.40. The molecular formula is C21H25N3O4S. The van der Waals surface area contributed by atoms with E-state index in [1.807, 2.05) is 48.5 Å². The van der Waals surface area contributed by atoms with Crippen LogP contribution >= 0.6 is 11.8 Å². The molecule has 7 nitrogen and oxygen atoms in total. The Morgan fingerprint density at radius 2 is 1.66 bits per heavy atom. The van der Waals surface area contributed by atoms with Gasteiger partial charge in [0.2, 0.25) is 11.8 Å². The van der Waals surface area contributed by atoms with Gasteiger partial charge in [-0.2, -0.15) is 11.8 Å². The Labute approximate surface area is 174 Å². The molecule has 0 unspecified atom stereocenters. The average Bonchev–Trinajstić information content (AvgIpc) is 2.72. The molecule has 0 heterocycles. The number of carbonyl (C=O) groups is 3. The van der Waals surface area contributed by atoms with Gasteiger partial charge < -0.3 is 21.1 Å². The van der Waals surface area contributed by atoms with Crippen molar-refractivity contribution in [2.24, 2.45) is 5.73 Å². The number of alkyl carbamates (subject to hydrolysis) is 1. The highest BCUT2D eigenvalue weighted by atomic mass is 32.2. The van der Waals surface area contributed by atoms with Crippen molar-refractivity contribution in [3.63, 3.8) is 0 Å². The van der Waals surface area contributed by atoms with Gasteiger partial charge in [-0.05, 0) is 29.9 Å². The van der Waals surface area contributed by atoms with Crippen molar-refractivity contribution >= 4 is 35.4 Å². The maximum absolute atomic E-state index is 12.6. The molecule has 0 aliphatic carbocycles. The summed E-state index contributed by atoms with van der Waals surface area (Å²) in [6.07, 6.45) is 0.242. The summed E-state index contributed by atoms with van der Waals surface area (Å²) in [6.45, 7) is 0.117. The maximum atomic E-state index is 12.6. The first kappa shape index (κ1) is 22.3. The number of anilines is 1. The normalized spacial score (nSPS) is 11.3. The fourth-order valence-corrected chi connectivity index (χ4v) is 3.38. The molecule has 0 saturated carbocycles. The monoisotopic (exact) mass is 415 g/mol. The third-order valence-electron chi connectivity index (χ3n) is 3.86. The summed E-state index contributed by atoms with van der Waals surface area (Å²) in [6, 6.07) is 17.5. The Hall–Kier alpha value is -3.00. The van der Waals surface area contributed by atoms with Crippen molar-refractivity contribution in [3.8, 4) is 0 Å². The van der Waals surface area contributed by atoms with E-state index in [2.05, 4.69) is 10.6 Å². The molecule has 0 aromatic heterocycles. The third-order valence-corrected chi connectivity index (χ3v) is 5.01. The number of nitrogens with one attached hydrogen (secondary N) is 2. The highest BCUT2D eigenvalue weighted by molar-refractivity contribution is 7.99. The lowest BCUT2D eigenvalue weighted by Gasteiger charge is -2.18. The van der Waals surface area contributed by atoms with Crippen LogP contribution in [0.3, 0.4) is 0 Å². The van der Waals surface area contributed by atoms with E-state index in [0.29, 0.717) is 30.0 Å². The molecule has 0 spiro atoms. The minimum atomic E-state index is -0.781. The van der Waals surface area contributed by atoms with Gasteiger partial charge in [-0.15, -0.1) is 0 Å². The minimum absolute atomic E-state index is 0.117. The fraction of sp³-hybridized carbons (Fsp3) is 0.286. The molecule has 0 saturated heterocycles. The van der Waals surface area contributed by atoms with Crippen molar-refractivity contribution in [3.05, 3.63) is 66.2 Å². The molecule has 0 aliphatic rings. The number of para-hydroxylation sites is 1. The van der Waals surface area contributed by atoms with Gasteiger partial charge in [-0.25, -0.2) is 4.79 Å². The number of nitrogens with two attached hydrogens (primary N) is 1. The van der Waals surface area contributed by atoms with E-state index in [-0.39, 0.29) is 18.4 Å². The van der Waals surface area contributed by atoms with Crippen LogP contribution in [0.1, 0.15) is 18.4 Å². The SMILES string of the molecule is NC(=O)CCCSC[C@H](NC(=O)OCc1ccccc1)C(=O)Nc1ccccc1. The van der Waals surface area contributed by atoms with Crippen LogP contribution in [0.15, 0.2) is 60.7 Å². The first-order chi connectivity index (χ1) is 14.0. The molecule has 1 atom stereocenters. The quantitative estimate of drug-likeness (QED) is 0.489. The molecular weight excluding hydrogens is 390 g/mol. The summed E-state index contributed by atoms with van der Waals surface area (Å²) in [7, 11) is 0. The van der Waals surface area contributed by atoms with Crippen molar-refractivity contribution in [1.82, 2.24) is 5.32 Å². The third kappa shape index (κ3) is 9.16. The van der Waals surface area contributed by atoms with E-state index < -0.39 is 12.1 Å². The Morgan fingerprint density at radius 1 is 1.00 bits per heavy atom. The lowest BCUT2D eigenvalue weighted by atomic mass is 10.2. The summed E-state index contributed by atoms with van der Waals surface area (Å²) in [5.41, 5.74) is 6.62. The number of thioether (sulfide) groups is 1. The van der Waals surface area contributed by atoms with Gasteiger partial charge >= 0.3 is 6.09 Å². The second-order valence-corrected chi connectivity index (χ2v) is 7.41. The van der Waals surface area contributed by atoms with Crippen molar-refractivity contribution in [2.45, 2.75) is 25.5 Å². The smallest absolute Gasteiger partial charge is 0.408 e. The van der Waals surface area contributed by atoms with Crippen LogP contribution in [0.2, 0.25) is 0 Å². The summed E-state index contributed by atoms with van der Waals surface area (Å²) >= 11 is 1.46. The number of rotatable bonds is 11. The van der Waals surface area contributed by atoms with Crippen LogP contribution in [0.25, 0.3) is 0 Å². The van der Waals surface area contributed by atoms with Crippen LogP contribution in [-0.4, -0.2) is 35.5 Å². The predicted molar refractivity (Wildman–Crippen MR) is 114 cm³/mol. The molecule has 154 valence electrons. The Balaban J connectivity index is 1.88. The van der Waals surface area contributed by atoms with Gasteiger partial charge in [0, 0.05) is 17.9 Å². The molecule has 0 fully saturated rings. The molecule has 29 heavy (non-hydrogen) atoms. The largest absolute Gasteiger partial charge is 0.445 e. The van der Waals surface area contributed by atoms with Gasteiger partial charge in [-0.3, -0.25) is 9.59 Å².